The number of ether oxygens (including phenoxy) is 1. The summed E-state index contributed by atoms with van der Waals surface area (Å²) in [4.78, 5) is 14.5. The van der Waals surface area contributed by atoms with Crippen LogP contribution in [0.2, 0.25) is 0 Å². The van der Waals surface area contributed by atoms with E-state index in [2.05, 4.69) is 17.9 Å². The summed E-state index contributed by atoms with van der Waals surface area (Å²) >= 11 is 0. The van der Waals surface area contributed by atoms with Gasteiger partial charge in [-0.1, -0.05) is 6.92 Å². The topological polar surface area (TPSA) is 53.3 Å². The van der Waals surface area contributed by atoms with Crippen molar-refractivity contribution in [2.75, 3.05) is 20.2 Å². The van der Waals surface area contributed by atoms with Gasteiger partial charge in [0.2, 0.25) is 0 Å². The highest BCUT2D eigenvalue weighted by molar-refractivity contribution is 6.09. The third-order valence-electron chi connectivity index (χ3n) is 5.52. The molecule has 1 saturated heterocycles. The molecule has 0 aromatic heterocycles. The number of hydrogen-bond donors (Lipinski definition) is 0. The number of halogens is 1. The van der Waals surface area contributed by atoms with Gasteiger partial charge in [0.05, 0.1) is 11.3 Å². The van der Waals surface area contributed by atoms with Crippen molar-refractivity contribution in [3.05, 3.63) is 40.2 Å². The number of Topliss-reactive ketones (excluding diaryl/α,β-unsaturated/α-hetero) is 1. The summed E-state index contributed by atoms with van der Waals surface area (Å²) in [5.41, 5.74) is 2.80. The van der Waals surface area contributed by atoms with E-state index < -0.39 is 0 Å². The lowest BCUT2D eigenvalue weighted by molar-refractivity contribution is -0.114. The number of nitriles is 1. The molecule has 1 aromatic carbocycles. The molecule has 3 rings (SSSR count). The van der Waals surface area contributed by atoms with Crippen molar-refractivity contribution in [2.24, 2.45) is 0 Å². The Balaban J connectivity index is 2.07. The van der Waals surface area contributed by atoms with Crippen LogP contribution in [-0.4, -0.2) is 36.5 Å². The average molecular weight is 342 g/mol. The summed E-state index contributed by atoms with van der Waals surface area (Å²) < 4.78 is 19.8. The summed E-state index contributed by atoms with van der Waals surface area (Å²) in [6.07, 6.45) is 2.30. The largest absolute Gasteiger partial charge is 0.378 e. The Kier molecular flexibility index (Phi) is 4.66. The molecule has 0 amide bonds. The Morgan fingerprint density at radius 1 is 1.36 bits per heavy atom. The first-order chi connectivity index (χ1) is 11.9. The predicted octanol–water partition coefficient (Wildman–Crippen LogP) is 3.25. The van der Waals surface area contributed by atoms with Gasteiger partial charge in [0.25, 0.3) is 0 Å². The number of hydrogen-bond acceptors (Lipinski definition) is 4. The van der Waals surface area contributed by atoms with Crippen LogP contribution >= 0.6 is 0 Å². The van der Waals surface area contributed by atoms with E-state index in [4.69, 9.17) is 4.74 Å². The normalized spacial score (nSPS) is 19.6. The molecule has 1 aliphatic heterocycles. The minimum atomic E-state index is -0.278. The lowest BCUT2D eigenvalue weighted by Gasteiger charge is -2.41. The van der Waals surface area contributed by atoms with Crippen molar-refractivity contribution < 1.29 is 13.9 Å². The Bertz CT molecular complexity index is 784. The first kappa shape index (κ1) is 17.6. The van der Waals surface area contributed by atoms with Crippen molar-refractivity contribution >= 4 is 11.5 Å². The lowest BCUT2D eigenvalue weighted by atomic mass is 9.84. The molecule has 2 aliphatic rings. The van der Waals surface area contributed by atoms with Gasteiger partial charge in [-0.05, 0) is 49.4 Å². The van der Waals surface area contributed by atoms with Crippen LogP contribution in [0.4, 0.5) is 4.39 Å². The van der Waals surface area contributed by atoms with Crippen LogP contribution in [0, 0.1) is 17.1 Å². The molecular formula is C20H23FN2O2. The Morgan fingerprint density at radius 3 is 2.60 bits per heavy atom. The van der Waals surface area contributed by atoms with Gasteiger partial charge in [-0.2, -0.15) is 5.26 Å². The molecule has 1 fully saturated rings. The standard InChI is InChI=1S/C20H23FN2O2/c1-4-13-9-15-14(10-17(13)21)11-18(24)16(12-22)19(15)23-7-5-20(2,25-3)6-8-23/h9-10H,4-8,11H2,1-3H3. The lowest BCUT2D eigenvalue weighted by Crippen LogP contribution is -2.43. The maximum Gasteiger partial charge on any atom is 0.179 e. The van der Waals surface area contributed by atoms with Crippen LogP contribution in [0.15, 0.2) is 17.7 Å². The fourth-order valence-electron chi connectivity index (χ4n) is 3.68. The first-order valence-corrected chi connectivity index (χ1v) is 8.71. The zero-order chi connectivity index (χ0) is 18.2. The fraction of sp³-hybridized carbons (Fsp3) is 0.500. The minimum absolute atomic E-state index is 0.0896. The number of likely N-dealkylation sites (tertiary alicyclic amines) is 1. The predicted molar refractivity (Wildman–Crippen MR) is 93.2 cm³/mol. The van der Waals surface area contributed by atoms with Crippen molar-refractivity contribution in [3.63, 3.8) is 0 Å². The molecule has 1 aromatic rings. The van der Waals surface area contributed by atoms with Crippen LogP contribution < -0.4 is 0 Å². The average Bonchev–Trinajstić information content (AvgIpc) is 2.61. The quantitative estimate of drug-likeness (QED) is 0.846. The third-order valence-corrected chi connectivity index (χ3v) is 5.52. The number of methoxy groups -OCH3 is 1. The van der Waals surface area contributed by atoms with Gasteiger partial charge in [0, 0.05) is 32.2 Å². The zero-order valence-corrected chi connectivity index (χ0v) is 15.0. The van der Waals surface area contributed by atoms with E-state index in [0.29, 0.717) is 36.3 Å². The van der Waals surface area contributed by atoms with Crippen LogP contribution in [-0.2, 0) is 22.4 Å². The van der Waals surface area contributed by atoms with Crippen LogP contribution in [0.25, 0.3) is 5.70 Å². The number of carbonyl (C=O) groups excluding carboxylic acids is 1. The second-order valence-corrected chi connectivity index (χ2v) is 7.03. The summed E-state index contributed by atoms with van der Waals surface area (Å²) in [6.45, 7) is 5.39. The first-order valence-electron chi connectivity index (χ1n) is 8.71. The summed E-state index contributed by atoms with van der Waals surface area (Å²) in [7, 11) is 1.71. The maximum absolute atomic E-state index is 14.2. The van der Waals surface area contributed by atoms with Gasteiger partial charge in [-0.25, -0.2) is 4.39 Å². The molecule has 5 heteroatoms. The number of ketones is 1. The number of piperidine rings is 1. The molecule has 1 aliphatic carbocycles. The van der Waals surface area contributed by atoms with E-state index in [0.717, 1.165) is 18.4 Å². The molecule has 0 unspecified atom stereocenters. The smallest absolute Gasteiger partial charge is 0.179 e. The fourth-order valence-corrected chi connectivity index (χ4v) is 3.68. The Morgan fingerprint density at radius 2 is 2.04 bits per heavy atom. The zero-order valence-electron chi connectivity index (χ0n) is 15.0. The number of fused-ring (bicyclic) bond motifs is 1. The monoisotopic (exact) mass is 342 g/mol. The summed E-state index contributed by atoms with van der Waals surface area (Å²) in [5, 5.41) is 9.56. The second kappa shape index (κ2) is 6.61. The molecule has 0 atom stereocenters. The van der Waals surface area contributed by atoms with Crippen molar-refractivity contribution in [2.45, 2.75) is 45.1 Å². The van der Waals surface area contributed by atoms with Crippen LogP contribution in [0.5, 0.6) is 0 Å². The van der Waals surface area contributed by atoms with Gasteiger partial charge in [-0.3, -0.25) is 4.79 Å². The molecule has 4 nitrogen and oxygen atoms in total. The molecule has 0 N–H and O–H groups in total. The number of allylic oxidation sites excluding steroid dienone is 1. The maximum atomic E-state index is 14.2. The van der Waals surface area contributed by atoms with Gasteiger partial charge >= 0.3 is 0 Å². The number of carbonyl (C=O) groups is 1. The van der Waals surface area contributed by atoms with Gasteiger partial charge in [0.15, 0.2) is 5.78 Å². The van der Waals surface area contributed by atoms with E-state index in [-0.39, 0.29) is 29.2 Å². The van der Waals surface area contributed by atoms with Gasteiger partial charge < -0.3 is 9.64 Å². The van der Waals surface area contributed by atoms with Crippen LogP contribution in [0.1, 0.15) is 43.4 Å². The number of benzene rings is 1. The molecule has 1 heterocycles. The molecule has 132 valence electrons. The second-order valence-electron chi connectivity index (χ2n) is 7.03. The summed E-state index contributed by atoms with van der Waals surface area (Å²) in [6, 6.07) is 5.37. The van der Waals surface area contributed by atoms with Crippen molar-refractivity contribution in [3.8, 4) is 6.07 Å². The SMILES string of the molecule is CCc1cc2c(cc1F)CC(=O)C(C#N)=C2N1CCC(C)(OC)CC1. The minimum Gasteiger partial charge on any atom is -0.378 e. The molecule has 0 spiro atoms. The van der Waals surface area contributed by atoms with Crippen LogP contribution in [0.3, 0.4) is 0 Å². The highest BCUT2D eigenvalue weighted by atomic mass is 19.1. The van der Waals surface area contributed by atoms with E-state index in [1.54, 1.807) is 7.11 Å². The van der Waals surface area contributed by atoms with Gasteiger partial charge in [-0.15, -0.1) is 0 Å². The molecular weight excluding hydrogens is 319 g/mol. The summed E-state index contributed by atoms with van der Waals surface area (Å²) in [5.74, 6) is -0.506. The number of nitrogens with zero attached hydrogens (tertiary/aromatic N) is 2. The molecule has 0 bridgehead atoms. The van der Waals surface area contributed by atoms with Crippen molar-refractivity contribution in [1.29, 1.82) is 5.26 Å². The van der Waals surface area contributed by atoms with E-state index in [1.807, 2.05) is 13.0 Å². The Labute approximate surface area is 147 Å². The molecule has 0 radical (unpaired) electrons. The molecule has 0 saturated carbocycles. The van der Waals surface area contributed by atoms with Crippen molar-refractivity contribution in [1.82, 2.24) is 4.90 Å². The Hall–Kier alpha value is -2.19. The van der Waals surface area contributed by atoms with E-state index in [1.165, 1.54) is 6.07 Å². The number of aryl methyl sites for hydroxylation is 1. The third kappa shape index (κ3) is 3.07. The molecule has 25 heavy (non-hydrogen) atoms. The van der Waals surface area contributed by atoms with E-state index >= 15 is 0 Å². The van der Waals surface area contributed by atoms with Gasteiger partial charge in [0.1, 0.15) is 17.5 Å². The highest BCUT2D eigenvalue weighted by Gasteiger charge is 2.35. The highest BCUT2D eigenvalue weighted by Crippen LogP contribution is 2.37. The van der Waals surface area contributed by atoms with E-state index in [9.17, 15) is 14.4 Å². The number of rotatable bonds is 3.